The number of carbonyl (C=O) groups excluding carboxylic acids is 1. The summed E-state index contributed by atoms with van der Waals surface area (Å²) in [6, 6.07) is 8.03. The Morgan fingerprint density at radius 2 is 2.08 bits per heavy atom. The molecule has 0 aliphatic rings. The number of ketones is 1. The average Bonchev–Trinajstić information content (AvgIpc) is 2.16. The van der Waals surface area contributed by atoms with Crippen LogP contribution in [0.3, 0.4) is 0 Å². The summed E-state index contributed by atoms with van der Waals surface area (Å²) < 4.78 is 1.10. The van der Waals surface area contributed by atoms with Crippen LogP contribution in [0.5, 0.6) is 0 Å². The Hall–Kier alpha value is -0.630. The second kappa shape index (κ2) is 5.18. The minimum Gasteiger partial charge on any atom is -0.300 e. The van der Waals surface area contributed by atoms with Gasteiger partial charge in [-0.2, -0.15) is 0 Å². The van der Waals surface area contributed by atoms with E-state index in [2.05, 4.69) is 15.9 Å². The normalized spacial score (nSPS) is 10.0. The highest BCUT2D eigenvalue weighted by Gasteiger charge is 2.01. The van der Waals surface area contributed by atoms with Crippen LogP contribution < -0.4 is 0 Å². The molecule has 13 heavy (non-hydrogen) atoms. The first-order chi connectivity index (χ1) is 6.24. The van der Waals surface area contributed by atoms with Crippen LogP contribution in [-0.4, -0.2) is 5.78 Å². The lowest BCUT2D eigenvalue weighted by Crippen LogP contribution is -1.98. The molecule has 2 heteroatoms. The van der Waals surface area contributed by atoms with Gasteiger partial charge in [-0.05, 0) is 18.1 Å². The molecule has 1 nitrogen and oxygen atoms in total. The zero-order valence-corrected chi connectivity index (χ0v) is 9.30. The van der Waals surface area contributed by atoms with E-state index in [1.165, 1.54) is 5.56 Å². The third-order valence-electron chi connectivity index (χ3n) is 2.03. The molecule has 0 fully saturated rings. The van der Waals surface area contributed by atoms with Crippen LogP contribution in [0.4, 0.5) is 0 Å². The van der Waals surface area contributed by atoms with E-state index in [1.807, 2.05) is 31.2 Å². The number of aryl methyl sites for hydroxylation is 1. The maximum Gasteiger partial charge on any atom is 0.132 e. The summed E-state index contributed by atoms with van der Waals surface area (Å²) >= 11 is 3.46. The van der Waals surface area contributed by atoms with Crippen molar-refractivity contribution in [1.29, 1.82) is 0 Å². The molecule has 0 aliphatic heterocycles. The molecule has 0 atom stereocenters. The Morgan fingerprint density at radius 3 is 2.69 bits per heavy atom. The standard InChI is InChI=1S/C11H13BrO/c1-2-10(13)8-7-9-5-3-4-6-11(9)12/h3-6H,2,7-8H2,1H3. The van der Waals surface area contributed by atoms with Crippen molar-refractivity contribution in [3.63, 3.8) is 0 Å². The van der Waals surface area contributed by atoms with Crippen molar-refractivity contribution in [3.05, 3.63) is 34.3 Å². The van der Waals surface area contributed by atoms with Crippen molar-refractivity contribution in [1.82, 2.24) is 0 Å². The van der Waals surface area contributed by atoms with Crippen LogP contribution in [0.25, 0.3) is 0 Å². The second-order valence-electron chi connectivity index (χ2n) is 2.98. The SMILES string of the molecule is CCC(=O)CCc1ccccc1Br. The first kappa shape index (κ1) is 10.5. The quantitative estimate of drug-likeness (QED) is 0.789. The monoisotopic (exact) mass is 240 g/mol. The van der Waals surface area contributed by atoms with Crippen molar-refractivity contribution in [2.75, 3.05) is 0 Å². The van der Waals surface area contributed by atoms with Gasteiger partial charge in [0.25, 0.3) is 0 Å². The fraction of sp³-hybridized carbons (Fsp3) is 0.364. The maximum atomic E-state index is 11.1. The van der Waals surface area contributed by atoms with E-state index in [4.69, 9.17) is 0 Å². The van der Waals surface area contributed by atoms with E-state index in [0.29, 0.717) is 18.6 Å². The van der Waals surface area contributed by atoms with Crippen molar-refractivity contribution in [3.8, 4) is 0 Å². The van der Waals surface area contributed by atoms with Crippen molar-refractivity contribution >= 4 is 21.7 Å². The predicted molar refractivity (Wildman–Crippen MR) is 57.8 cm³/mol. The topological polar surface area (TPSA) is 17.1 Å². The van der Waals surface area contributed by atoms with Crippen LogP contribution in [0, 0.1) is 0 Å². The van der Waals surface area contributed by atoms with Crippen LogP contribution in [-0.2, 0) is 11.2 Å². The highest BCUT2D eigenvalue weighted by molar-refractivity contribution is 9.10. The lowest BCUT2D eigenvalue weighted by Gasteiger charge is -2.02. The summed E-state index contributed by atoms with van der Waals surface area (Å²) in [4.78, 5) is 11.1. The third kappa shape index (κ3) is 3.31. The van der Waals surface area contributed by atoms with E-state index in [0.717, 1.165) is 10.9 Å². The predicted octanol–water partition coefficient (Wildman–Crippen LogP) is 3.36. The van der Waals surface area contributed by atoms with E-state index in [-0.39, 0.29) is 0 Å². The molecule has 0 saturated heterocycles. The summed E-state index contributed by atoms with van der Waals surface area (Å²) in [5.41, 5.74) is 1.21. The molecule has 0 saturated carbocycles. The molecule has 1 rings (SSSR count). The number of rotatable bonds is 4. The molecule has 0 heterocycles. The number of Topliss-reactive ketones (excluding diaryl/α,β-unsaturated/α-hetero) is 1. The van der Waals surface area contributed by atoms with E-state index in [9.17, 15) is 4.79 Å². The lowest BCUT2D eigenvalue weighted by atomic mass is 10.1. The molecule has 0 aromatic heterocycles. The highest BCUT2D eigenvalue weighted by Crippen LogP contribution is 2.17. The summed E-state index contributed by atoms with van der Waals surface area (Å²) in [6.45, 7) is 1.91. The molecule has 0 unspecified atom stereocenters. The van der Waals surface area contributed by atoms with Crippen LogP contribution in [0.1, 0.15) is 25.3 Å². The molecule has 0 N–H and O–H groups in total. The third-order valence-corrected chi connectivity index (χ3v) is 2.80. The number of hydrogen-bond acceptors (Lipinski definition) is 1. The Kier molecular flexibility index (Phi) is 4.16. The zero-order valence-electron chi connectivity index (χ0n) is 7.72. The highest BCUT2D eigenvalue weighted by atomic mass is 79.9. The van der Waals surface area contributed by atoms with Gasteiger partial charge in [0.05, 0.1) is 0 Å². The number of hydrogen-bond donors (Lipinski definition) is 0. The van der Waals surface area contributed by atoms with Crippen molar-refractivity contribution in [2.24, 2.45) is 0 Å². The molecule has 0 aliphatic carbocycles. The van der Waals surface area contributed by atoms with E-state index >= 15 is 0 Å². The van der Waals surface area contributed by atoms with Gasteiger partial charge in [0.1, 0.15) is 5.78 Å². The Balaban J connectivity index is 2.54. The van der Waals surface area contributed by atoms with Gasteiger partial charge in [0.2, 0.25) is 0 Å². The van der Waals surface area contributed by atoms with Gasteiger partial charge in [-0.15, -0.1) is 0 Å². The van der Waals surface area contributed by atoms with Gasteiger partial charge >= 0.3 is 0 Å². The van der Waals surface area contributed by atoms with Gasteiger partial charge in [-0.1, -0.05) is 41.1 Å². The molecule has 70 valence electrons. The number of benzene rings is 1. The fourth-order valence-electron chi connectivity index (χ4n) is 1.15. The fourth-order valence-corrected chi connectivity index (χ4v) is 1.64. The van der Waals surface area contributed by atoms with E-state index in [1.54, 1.807) is 0 Å². The largest absolute Gasteiger partial charge is 0.300 e. The molecule has 0 amide bonds. The van der Waals surface area contributed by atoms with Gasteiger partial charge in [-0.3, -0.25) is 4.79 Å². The molecule has 0 bridgehead atoms. The zero-order chi connectivity index (χ0) is 9.68. The number of carbonyl (C=O) groups is 1. The summed E-state index contributed by atoms with van der Waals surface area (Å²) in [5, 5.41) is 0. The summed E-state index contributed by atoms with van der Waals surface area (Å²) in [7, 11) is 0. The van der Waals surface area contributed by atoms with Crippen LogP contribution in [0.2, 0.25) is 0 Å². The smallest absolute Gasteiger partial charge is 0.132 e. The first-order valence-corrected chi connectivity index (χ1v) is 5.28. The Morgan fingerprint density at radius 1 is 1.38 bits per heavy atom. The summed E-state index contributed by atoms with van der Waals surface area (Å²) in [6.07, 6.45) is 2.14. The minimum absolute atomic E-state index is 0.329. The lowest BCUT2D eigenvalue weighted by molar-refractivity contribution is -0.118. The van der Waals surface area contributed by atoms with Crippen LogP contribution in [0.15, 0.2) is 28.7 Å². The van der Waals surface area contributed by atoms with E-state index < -0.39 is 0 Å². The van der Waals surface area contributed by atoms with Crippen LogP contribution >= 0.6 is 15.9 Å². The van der Waals surface area contributed by atoms with Gasteiger partial charge in [0.15, 0.2) is 0 Å². The molecule has 0 radical (unpaired) electrons. The molecular formula is C11H13BrO. The number of halogens is 1. The molecule has 1 aromatic rings. The molecule has 0 spiro atoms. The average molecular weight is 241 g/mol. The minimum atomic E-state index is 0.329. The summed E-state index contributed by atoms with van der Waals surface area (Å²) in [5.74, 6) is 0.329. The molecule has 1 aromatic carbocycles. The van der Waals surface area contributed by atoms with Gasteiger partial charge < -0.3 is 0 Å². The van der Waals surface area contributed by atoms with Gasteiger partial charge in [-0.25, -0.2) is 0 Å². The maximum absolute atomic E-state index is 11.1. The Bertz CT molecular complexity index is 294. The Labute approximate surface area is 87.3 Å². The second-order valence-corrected chi connectivity index (χ2v) is 3.84. The van der Waals surface area contributed by atoms with Crippen molar-refractivity contribution in [2.45, 2.75) is 26.2 Å². The van der Waals surface area contributed by atoms with Gasteiger partial charge in [0, 0.05) is 17.3 Å². The van der Waals surface area contributed by atoms with Crippen molar-refractivity contribution < 1.29 is 4.79 Å². The first-order valence-electron chi connectivity index (χ1n) is 4.49. The molecular weight excluding hydrogens is 228 g/mol.